The van der Waals surface area contributed by atoms with E-state index >= 15 is 0 Å². The van der Waals surface area contributed by atoms with E-state index in [4.69, 9.17) is 23.4 Å². The molecule has 0 radical (unpaired) electrons. The highest BCUT2D eigenvalue weighted by Gasteiger charge is 2.23. The number of hydrazone groups is 1. The Kier molecular flexibility index (Phi) is 13.7. The third kappa shape index (κ3) is 10.3. The number of hydrogen-bond acceptors (Lipinski definition) is 7. The van der Waals surface area contributed by atoms with Gasteiger partial charge in [0, 0.05) is 27.4 Å². The number of benzene rings is 2. The van der Waals surface area contributed by atoms with Gasteiger partial charge >= 0.3 is 7.60 Å². The van der Waals surface area contributed by atoms with Gasteiger partial charge < -0.3 is 18.3 Å². The standard InChI is InChI=1S/C29H46N2O5P2/c1-8-11-13-27(10-3)35-28-18-14-25(15-19-28)23-30-31(4)37(7,22-12-9-2)36-29-20-16-26(17-21-29)24-38(32,33-5)34-6/h14-21,23,27H,7-13,22,24H2,1-6H3. The Bertz CT molecular complexity index is 1070. The molecule has 0 aliphatic carbocycles. The first-order chi connectivity index (χ1) is 18.2. The second-order valence-corrected chi connectivity index (χ2v) is 14.6. The largest absolute Gasteiger partial charge is 0.490 e. The predicted octanol–water partition coefficient (Wildman–Crippen LogP) is 8.44. The van der Waals surface area contributed by atoms with Gasteiger partial charge in [0.25, 0.3) is 0 Å². The highest BCUT2D eigenvalue weighted by atomic mass is 31.2. The summed E-state index contributed by atoms with van der Waals surface area (Å²) >= 11 is 0. The minimum Gasteiger partial charge on any atom is -0.490 e. The zero-order valence-corrected chi connectivity index (χ0v) is 25.8. The summed E-state index contributed by atoms with van der Waals surface area (Å²) in [6.07, 6.45) is 14.1. The molecule has 0 spiro atoms. The van der Waals surface area contributed by atoms with Crippen LogP contribution in [0.2, 0.25) is 0 Å². The van der Waals surface area contributed by atoms with Crippen molar-refractivity contribution in [3.8, 4) is 11.5 Å². The highest BCUT2D eigenvalue weighted by molar-refractivity contribution is 7.67. The fraction of sp³-hybridized carbons (Fsp3) is 0.517. The summed E-state index contributed by atoms with van der Waals surface area (Å²) in [5, 5.41) is 4.71. The number of nitrogens with zero attached hydrogens (tertiary/aromatic N) is 2. The average Bonchev–Trinajstić information content (AvgIpc) is 2.94. The molecule has 212 valence electrons. The van der Waals surface area contributed by atoms with Gasteiger partial charge in [-0.15, -0.1) is 0 Å². The number of rotatable bonds is 18. The normalized spacial score (nSPS) is 14.3. The maximum atomic E-state index is 12.4. The summed E-state index contributed by atoms with van der Waals surface area (Å²) in [6.45, 7) is 6.53. The van der Waals surface area contributed by atoms with E-state index < -0.39 is 14.9 Å². The van der Waals surface area contributed by atoms with Crippen molar-refractivity contribution in [2.45, 2.75) is 71.6 Å². The molecule has 2 rings (SSSR count). The molecule has 0 aliphatic rings. The Hall–Kier alpha value is -2.04. The molecule has 2 aromatic carbocycles. The van der Waals surface area contributed by atoms with E-state index in [0.717, 1.165) is 48.7 Å². The van der Waals surface area contributed by atoms with E-state index in [0.29, 0.717) is 5.75 Å². The molecule has 9 heteroatoms. The van der Waals surface area contributed by atoms with Gasteiger partial charge in [-0.2, -0.15) is 5.10 Å². The lowest BCUT2D eigenvalue weighted by molar-refractivity contribution is 0.183. The molecule has 0 saturated carbocycles. The van der Waals surface area contributed by atoms with Crippen molar-refractivity contribution in [3.05, 3.63) is 59.7 Å². The van der Waals surface area contributed by atoms with Crippen molar-refractivity contribution in [1.82, 2.24) is 4.78 Å². The van der Waals surface area contributed by atoms with Crippen LogP contribution in [0.25, 0.3) is 0 Å². The van der Waals surface area contributed by atoms with E-state index in [1.54, 1.807) is 0 Å². The van der Waals surface area contributed by atoms with E-state index in [1.807, 2.05) is 66.6 Å². The highest BCUT2D eigenvalue weighted by Crippen LogP contribution is 2.52. The van der Waals surface area contributed by atoms with Crippen LogP contribution in [0.5, 0.6) is 11.5 Å². The van der Waals surface area contributed by atoms with E-state index in [2.05, 4.69) is 27.1 Å². The van der Waals surface area contributed by atoms with Gasteiger partial charge in [-0.25, -0.2) is 4.78 Å². The van der Waals surface area contributed by atoms with Crippen LogP contribution in [0.3, 0.4) is 0 Å². The van der Waals surface area contributed by atoms with Gasteiger partial charge in [-0.05, 0) is 73.1 Å². The van der Waals surface area contributed by atoms with Gasteiger partial charge in [0.05, 0.1) is 18.5 Å². The van der Waals surface area contributed by atoms with Crippen molar-refractivity contribution in [2.75, 3.05) is 27.4 Å². The van der Waals surface area contributed by atoms with Crippen LogP contribution in [0.1, 0.15) is 70.4 Å². The molecule has 2 unspecified atom stereocenters. The molecule has 38 heavy (non-hydrogen) atoms. The number of ether oxygens (including phenoxy) is 1. The monoisotopic (exact) mass is 564 g/mol. The van der Waals surface area contributed by atoms with Gasteiger partial charge in [0.15, 0.2) is 0 Å². The first-order valence-corrected chi connectivity index (χ1v) is 17.2. The van der Waals surface area contributed by atoms with Crippen LogP contribution in [0, 0.1) is 0 Å². The third-order valence-electron chi connectivity index (χ3n) is 6.41. The number of hydrogen-bond donors (Lipinski definition) is 0. The molecular weight excluding hydrogens is 518 g/mol. The molecule has 0 bridgehead atoms. The quantitative estimate of drug-likeness (QED) is 0.103. The second-order valence-electron chi connectivity index (χ2n) is 9.39. The van der Waals surface area contributed by atoms with Crippen LogP contribution in [-0.4, -0.2) is 50.8 Å². The minimum atomic E-state index is -3.13. The lowest BCUT2D eigenvalue weighted by atomic mass is 10.1. The first kappa shape index (κ1) is 32.2. The SMILES string of the molecule is C=P(CCCC)(Oc1ccc(CP(=O)(OC)OC)cc1)N(C)N=Cc1ccc(OC(CC)CCCC)cc1. The molecule has 0 aromatic heterocycles. The molecule has 0 aliphatic heterocycles. The Morgan fingerprint density at radius 3 is 2.11 bits per heavy atom. The van der Waals surface area contributed by atoms with Gasteiger partial charge in [-0.1, -0.05) is 52.2 Å². The molecule has 0 heterocycles. The molecule has 7 nitrogen and oxygen atoms in total. The minimum absolute atomic E-state index is 0.201. The van der Waals surface area contributed by atoms with Crippen LogP contribution in [-0.2, 0) is 19.8 Å². The van der Waals surface area contributed by atoms with Crippen LogP contribution in [0.4, 0.5) is 0 Å². The summed E-state index contributed by atoms with van der Waals surface area (Å²) in [4.78, 5) is 0. The molecule has 2 aromatic rings. The summed E-state index contributed by atoms with van der Waals surface area (Å²) in [5.74, 6) is 1.59. The molecular formula is C29H46N2O5P2. The molecule has 0 fully saturated rings. The topological polar surface area (TPSA) is 69.6 Å². The zero-order chi connectivity index (χ0) is 28.0. The van der Waals surface area contributed by atoms with Crippen molar-refractivity contribution < 1.29 is 22.9 Å². The summed E-state index contributed by atoms with van der Waals surface area (Å²) in [6, 6.07) is 15.5. The van der Waals surface area contributed by atoms with E-state index in [-0.39, 0.29) is 12.3 Å². The fourth-order valence-electron chi connectivity index (χ4n) is 3.78. The lowest BCUT2D eigenvalue weighted by Crippen LogP contribution is -2.16. The molecule has 0 N–H and O–H groups in total. The van der Waals surface area contributed by atoms with Gasteiger partial charge in [0.1, 0.15) is 18.8 Å². The summed E-state index contributed by atoms with van der Waals surface area (Å²) < 4.78 is 37.0. The Balaban J connectivity index is 2.09. The second kappa shape index (κ2) is 16.2. The molecule has 2 atom stereocenters. The van der Waals surface area contributed by atoms with Crippen LogP contribution < -0.4 is 9.26 Å². The van der Waals surface area contributed by atoms with E-state index in [9.17, 15) is 4.57 Å². The van der Waals surface area contributed by atoms with Crippen molar-refractivity contribution in [1.29, 1.82) is 0 Å². The van der Waals surface area contributed by atoms with E-state index in [1.165, 1.54) is 27.1 Å². The summed E-state index contributed by atoms with van der Waals surface area (Å²) in [7, 11) is -0.705. The maximum Gasteiger partial charge on any atom is 0.334 e. The zero-order valence-electron chi connectivity index (χ0n) is 24.0. The summed E-state index contributed by atoms with van der Waals surface area (Å²) in [5.41, 5.74) is 1.83. The van der Waals surface area contributed by atoms with Crippen molar-refractivity contribution in [3.63, 3.8) is 0 Å². The maximum absolute atomic E-state index is 12.4. The van der Waals surface area contributed by atoms with Gasteiger partial charge in [-0.3, -0.25) is 4.57 Å². The Labute approximate surface area is 230 Å². The Morgan fingerprint density at radius 1 is 0.947 bits per heavy atom. The average molecular weight is 565 g/mol. The number of unbranched alkanes of at least 4 members (excludes halogenated alkanes) is 2. The smallest absolute Gasteiger partial charge is 0.334 e. The van der Waals surface area contributed by atoms with Crippen molar-refractivity contribution >= 4 is 27.4 Å². The first-order valence-electron chi connectivity index (χ1n) is 13.5. The fourth-order valence-corrected chi connectivity index (χ4v) is 6.91. The lowest BCUT2D eigenvalue weighted by Gasteiger charge is -2.32. The molecule has 0 saturated heterocycles. The third-order valence-corrected chi connectivity index (χ3v) is 11.0. The van der Waals surface area contributed by atoms with Crippen LogP contribution >= 0.6 is 14.9 Å². The van der Waals surface area contributed by atoms with Crippen molar-refractivity contribution in [2.24, 2.45) is 5.10 Å². The van der Waals surface area contributed by atoms with Gasteiger partial charge in [0.2, 0.25) is 0 Å². The Morgan fingerprint density at radius 2 is 1.55 bits per heavy atom. The predicted molar refractivity (Wildman–Crippen MR) is 162 cm³/mol. The van der Waals surface area contributed by atoms with Crippen LogP contribution in [0.15, 0.2) is 53.6 Å². The molecule has 0 amide bonds.